The summed E-state index contributed by atoms with van der Waals surface area (Å²) in [6.07, 6.45) is 10.2. The molecule has 270 valence electrons. The summed E-state index contributed by atoms with van der Waals surface area (Å²) in [5, 5.41) is 3.47. The minimum atomic E-state index is -0.0859. The van der Waals surface area contributed by atoms with Crippen molar-refractivity contribution in [3.8, 4) is 5.75 Å². The van der Waals surface area contributed by atoms with Gasteiger partial charge in [-0.2, -0.15) is 4.98 Å². The molecular weight excluding hydrogens is 620 g/mol. The van der Waals surface area contributed by atoms with Gasteiger partial charge in [-0.15, -0.1) is 0 Å². The second-order valence-electron chi connectivity index (χ2n) is 12.9. The Kier molecular flexibility index (Phi) is 15.6. The number of imide groups is 1. The Balaban J connectivity index is 0.00000101. The third-order valence-corrected chi connectivity index (χ3v) is 9.14. The molecule has 0 radical (unpaired) electrons. The number of amides is 2. The fourth-order valence-corrected chi connectivity index (χ4v) is 6.27. The number of nitrogens with zero attached hydrogens (tertiary/aromatic N) is 6. The average molecular weight is 679 g/mol. The quantitative estimate of drug-likeness (QED) is 0.138. The summed E-state index contributed by atoms with van der Waals surface area (Å²) in [7, 11) is 1.72. The highest BCUT2D eigenvalue weighted by molar-refractivity contribution is 6.01. The minimum Gasteiger partial charge on any atom is -0.496 e. The molecule has 0 saturated carbocycles. The molecule has 4 heterocycles. The van der Waals surface area contributed by atoms with Crippen molar-refractivity contribution in [3.63, 3.8) is 0 Å². The summed E-state index contributed by atoms with van der Waals surface area (Å²) in [6, 6.07) is 8.48. The second kappa shape index (κ2) is 20.1. The van der Waals surface area contributed by atoms with Crippen LogP contribution < -0.4 is 15.8 Å². The van der Waals surface area contributed by atoms with Crippen LogP contribution in [0, 0.1) is 0 Å². The Morgan fingerprint density at radius 3 is 2.20 bits per heavy atom. The maximum Gasteiger partial charge on any atom is 0.229 e. The fraction of sp³-hybridized carbons (Fsp3) is 0.622. The number of unbranched alkanes of at least 4 members (excludes halogenated alkanes) is 4. The van der Waals surface area contributed by atoms with Gasteiger partial charge in [0.05, 0.1) is 38.9 Å². The number of anilines is 2. The fourth-order valence-electron chi connectivity index (χ4n) is 6.27. The van der Waals surface area contributed by atoms with E-state index in [0.717, 1.165) is 86.8 Å². The molecule has 3 N–H and O–H groups in total. The van der Waals surface area contributed by atoms with E-state index in [1.807, 2.05) is 12.3 Å². The molecule has 2 aliphatic heterocycles. The first kappa shape index (κ1) is 38.1. The molecule has 0 atom stereocenters. The number of hydrogen-bond acceptors (Lipinski definition) is 10. The Labute approximate surface area is 292 Å². The van der Waals surface area contributed by atoms with E-state index in [2.05, 4.69) is 68.6 Å². The van der Waals surface area contributed by atoms with Crippen molar-refractivity contribution in [2.45, 2.75) is 85.2 Å². The van der Waals surface area contributed by atoms with E-state index < -0.39 is 0 Å². The van der Waals surface area contributed by atoms with Crippen LogP contribution >= 0.6 is 0 Å². The standard InChI is InChI=1S/C32H46N8O4.C5H12/c1-3-4-5-11-34-31-30-26(35-32(33)36-31)10-12-39(30)23-25-7-6-24(21-27(25)43-2)22-38-15-13-37(14-16-38)17-19-44-20-18-40-28(41)8-9-29(40)42;1-3-5-4-2/h6-7,10,12,21H,3-5,8-9,11,13-20,22-23H2,1-2H3,(H3,33,34,35,36);3-5H2,1-2H3. The zero-order valence-corrected chi connectivity index (χ0v) is 30.2. The summed E-state index contributed by atoms with van der Waals surface area (Å²) in [5.41, 5.74) is 10.1. The smallest absolute Gasteiger partial charge is 0.229 e. The van der Waals surface area contributed by atoms with E-state index in [-0.39, 0.29) is 17.8 Å². The Morgan fingerprint density at radius 1 is 0.837 bits per heavy atom. The van der Waals surface area contributed by atoms with Gasteiger partial charge >= 0.3 is 0 Å². The molecule has 0 aliphatic carbocycles. The van der Waals surface area contributed by atoms with E-state index in [9.17, 15) is 9.59 Å². The van der Waals surface area contributed by atoms with E-state index >= 15 is 0 Å². The molecule has 12 nitrogen and oxygen atoms in total. The van der Waals surface area contributed by atoms with Gasteiger partial charge in [0.15, 0.2) is 5.82 Å². The van der Waals surface area contributed by atoms with Crippen LogP contribution in [0.1, 0.15) is 83.3 Å². The van der Waals surface area contributed by atoms with E-state index in [0.29, 0.717) is 39.1 Å². The number of hydrogen-bond donors (Lipinski definition) is 2. The number of carbonyl (C=O) groups is 2. The number of nitrogens with one attached hydrogen (secondary N) is 1. The molecule has 0 bridgehead atoms. The number of aromatic nitrogens is 3. The lowest BCUT2D eigenvalue weighted by Crippen LogP contribution is -2.46. The zero-order valence-electron chi connectivity index (χ0n) is 30.2. The van der Waals surface area contributed by atoms with Crippen molar-refractivity contribution < 1.29 is 19.1 Å². The highest BCUT2D eigenvalue weighted by atomic mass is 16.5. The molecule has 0 spiro atoms. The number of ether oxygens (including phenoxy) is 2. The second-order valence-corrected chi connectivity index (χ2v) is 12.9. The molecule has 2 aliphatic rings. The van der Waals surface area contributed by atoms with Crippen molar-refractivity contribution in [1.82, 2.24) is 29.2 Å². The molecule has 49 heavy (non-hydrogen) atoms. The van der Waals surface area contributed by atoms with Crippen LogP contribution in [0.2, 0.25) is 0 Å². The van der Waals surface area contributed by atoms with Crippen LogP contribution in [0.15, 0.2) is 30.5 Å². The van der Waals surface area contributed by atoms with Gasteiger partial charge < -0.3 is 25.1 Å². The van der Waals surface area contributed by atoms with E-state index in [4.69, 9.17) is 15.2 Å². The summed E-state index contributed by atoms with van der Waals surface area (Å²) in [6.45, 7) is 15.1. The minimum absolute atomic E-state index is 0.0859. The predicted octanol–water partition coefficient (Wildman–Crippen LogP) is 5.15. The first-order valence-corrected chi connectivity index (χ1v) is 18.2. The predicted molar refractivity (Wildman–Crippen MR) is 196 cm³/mol. The van der Waals surface area contributed by atoms with Crippen molar-refractivity contribution in [3.05, 3.63) is 41.6 Å². The van der Waals surface area contributed by atoms with Gasteiger partial charge in [0.2, 0.25) is 17.8 Å². The van der Waals surface area contributed by atoms with Gasteiger partial charge in [0.1, 0.15) is 11.3 Å². The molecule has 2 fully saturated rings. The maximum absolute atomic E-state index is 11.7. The van der Waals surface area contributed by atoms with Gasteiger partial charge in [-0.05, 0) is 24.1 Å². The van der Waals surface area contributed by atoms with Crippen molar-refractivity contribution >= 4 is 34.6 Å². The SMILES string of the molecule is CCCCC.CCCCCNc1nc(N)nc2ccn(Cc3ccc(CN4CCN(CCOCCN5C(=O)CCC5=O)CC4)cc3OC)c12. The van der Waals surface area contributed by atoms with Crippen LogP contribution in [0.5, 0.6) is 5.75 Å². The van der Waals surface area contributed by atoms with E-state index in [1.165, 1.54) is 36.1 Å². The van der Waals surface area contributed by atoms with Gasteiger partial charge in [-0.1, -0.05) is 65.0 Å². The summed E-state index contributed by atoms with van der Waals surface area (Å²) in [5.74, 6) is 1.74. The van der Waals surface area contributed by atoms with E-state index in [1.54, 1.807) is 7.11 Å². The number of carbonyl (C=O) groups excluding carboxylic acids is 2. The molecular formula is C37H58N8O4. The molecule has 2 amide bonds. The topological polar surface area (TPSA) is 131 Å². The van der Waals surface area contributed by atoms with Crippen LogP contribution in [0.4, 0.5) is 11.8 Å². The molecule has 2 saturated heterocycles. The molecule has 2 aromatic heterocycles. The van der Waals surface area contributed by atoms with Crippen LogP contribution in [-0.4, -0.2) is 107 Å². The average Bonchev–Trinajstić information content (AvgIpc) is 3.65. The monoisotopic (exact) mass is 678 g/mol. The number of fused-ring (bicyclic) bond motifs is 1. The number of benzene rings is 1. The zero-order chi connectivity index (χ0) is 35.0. The van der Waals surface area contributed by atoms with Gasteiger partial charge in [0.25, 0.3) is 0 Å². The number of piperazine rings is 1. The molecule has 3 aromatic rings. The Morgan fingerprint density at radius 2 is 1.53 bits per heavy atom. The molecule has 5 rings (SSSR count). The lowest BCUT2D eigenvalue weighted by atomic mass is 10.1. The number of methoxy groups -OCH3 is 1. The first-order chi connectivity index (χ1) is 23.9. The van der Waals surface area contributed by atoms with Gasteiger partial charge in [-0.25, -0.2) is 4.98 Å². The van der Waals surface area contributed by atoms with Crippen LogP contribution in [0.3, 0.4) is 0 Å². The number of nitrogen functional groups attached to an aromatic ring is 1. The third-order valence-electron chi connectivity index (χ3n) is 9.14. The van der Waals surface area contributed by atoms with Crippen molar-refractivity contribution in [1.29, 1.82) is 0 Å². The molecule has 0 unspecified atom stereocenters. The Hall–Kier alpha value is -3.74. The first-order valence-electron chi connectivity index (χ1n) is 18.2. The lowest BCUT2D eigenvalue weighted by molar-refractivity contribution is -0.139. The highest BCUT2D eigenvalue weighted by Crippen LogP contribution is 2.27. The summed E-state index contributed by atoms with van der Waals surface area (Å²) >= 11 is 0. The lowest BCUT2D eigenvalue weighted by Gasteiger charge is -2.34. The van der Waals surface area contributed by atoms with Crippen molar-refractivity contribution in [2.24, 2.45) is 0 Å². The van der Waals surface area contributed by atoms with Crippen molar-refractivity contribution in [2.75, 3.05) is 77.2 Å². The number of nitrogens with two attached hydrogens (primary N) is 1. The third kappa shape index (κ3) is 11.4. The highest BCUT2D eigenvalue weighted by Gasteiger charge is 2.28. The Bertz CT molecular complexity index is 1450. The summed E-state index contributed by atoms with van der Waals surface area (Å²) in [4.78, 5) is 38.5. The maximum atomic E-state index is 11.7. The molecule has 12 heteroatoms. The number of rotatable bonds is 18. The van der Waals surface area contributed by atoms with Gasteiger partial charge in [0, 0.05) is 70.4 Å². The van der Waals surface area contributed by atoms with Gasteiger partial charge in [-0.3, -0.25) is 24.3 Å². The largest absolute Gasteiger partial charge is 0.496 e. The number of likely N-dealkylation sites (tertiary alicyclic amines) is 1. The molecule has 1 aromatic carbocycles. The summed E-state index contributed by atoms with van der Waals surface area (Å²) < 4.78 is 13.7. The van der Waals surface area contributed by atoms with Crippen LogP contribution in [-0.2, 0) is 27.4 Å². The normalized spacial score (nSPS) is 15.6. The van der Waals surface area contributed by atoms with Crippen LogP contribution in [0.25, 0.3) is 11.0 Å².